The summed E-state index contributed by atoms with van der Waals surface area (Å²) in [5, 5.41) is 3.59. The quantitative estimate of drug-likeness (QED) is 0.780. The number of likely N-dealkylation sites (tertiary alicyclic amines) is 1. The van der Waals surface area contributed by atoms with E-state index >= 15 is 0 Å². The molecule has 2 saturated heterocycles. The van der Waals surface area contributed by atoms with Gasteiger partial charge in [0.05, 0.1) is 6.61 Å². The zero-order valence-electron chi connectivity index (χ0n) is 14.3. The minimum atomic E-state index is 0.360. The van der Waals surface area contributed by atoms with Crippen molar-refractivity contribution in [2.24, 2.45) is 11.3 Å². The van der Waals surface area contributed by atoms with Gasteiger partial charge in [0.1, 0.15) is 0 Å². The highest BCUT2D eigenvalue weighted by Crippen LogP contribution is 2.31. The van der Waals surface area contributed by atoms with Crippen LogP contribution >= 0.6 is 0 Å². The van der Waals surface area contributed by atoms with Crippen LogP contribution in [0.2, 0.25) is 0 Å². The van der Waals surface area contributed by atoms with Gasteiger partial charge in [-0.25, -0.2) is 0 Å². The second kappa shape index (κ2) is 9.12. The fraction of sp³-hybridized carbons (Fsp3) is 1.00. The van der Waals surface area contributed by atoms with Gasteiger partial charge in [0.15, 0.2) is 0 Å². The SMILES string of the molecule is CCCC1CCCN(CC2(CNCC)CCCOC2)CC1. The molecular formula is C18H36N2O. The van der Waals surface area contributed by atoms with Crippen molar-refractivity contribution >= 4 is 0 Å². The van der Waals surface area contributed by atoms with E-state index in [9.17, 15) is 0 Å². The highest BCUT2D eigenvalue weighted by atomic mass is 16.5. The first-order valence-corrected chi connectivity index (χ1v) is 9.29. The van der Waals surface area contributed by atoms with Gasteiger partial charge >= 0.3 is 0 Å². The van der Waals surface area contributed by atoms with Crippen LogP contribution in [0.4, 0.5) is 0 Å². The maximum atomic E-state index is 5.85. The minimum absolute atomic E-state index is 0.360. The van der Waals surface area contributed by atoms with Gasteiger partial charge in [-0.2, -0.15) is 0 Å². The van der Waals surface area contributed by atoms with Crippen molar-refractivity contribution in [2.45, 2.75) is 58.8 Å². The first-order valence-electron chi connectivity index (χ1n) is 9.29. The van der Waals surface area contributed by atoms with Crippen LogP contribution in [-0.4, -0.2) is 50.8 Å². The predicted molar refractivity (Wildman–Crippen MR) is 89.7 cm³/mol. The van der Waals surface area contributed by atoms with Crippen molar-refractivity contribution in [3.63, 3.8) is 0 Å². The van der Waals surface area contributed by atoms with Gasteiger partial charge in [-0.15, -0.1) is 0 Å². The lowest BCUT2D eigenvalue weighted by atomic mass is 9.81. The molecule has 2 aliphatic heterocycles. The summed E-state index contributed by atoms with van der Waals surface area (Å²) in [6, 6.07) is 0. The Morgan fingerprint density at radius 1 is 1.19 bits per heavy atom. The molecule has 2 heterocycles. The maximum Gasteiger partial charge on any atom is 0.0546 e. The number of nitrogens with one attached hydrogen (secondary N) is 1. The monoisotopic (exact) mass is 296 g/mol. The molecule has 0 saturated carbocycles. The lowest BCUT2D eigenvalue weighted by Crippen LogP contribution is -2.49. The molecule has 0 amide bonds. The molecule has 0 radical (unpaired) electrons. The molecule has 0 aliphatic carbocycles. The Hall–Kier alpha value is -0.120. The standard InChI is InChI=1S/C18H36N2O/c1-3-7-17-8-5-11-20(12-9-17)15-18(14-19-4-2)10-6-13-21-16-18/h17,19H,3-16H2,1-2H3. The van der Waals surface area contributed by atoms with Crippen LogP contribution in [0.25, 0.3) is 0 Å². The van der Waals surface area contributed by atoms with E-state index in [-0.39, 0.29) is 0 Å². The highest BCUT2D eigenvalue weighted by Gasteiger charge is 2.34. The normalized spacial score (nSPS) is 32.0. The molecule has 3 heteroatoms. The molecule has 3 nitrogen and oxygen atoms in total. The van der Waals surface area contributed by atoms with E-state index in [2.05, 4.69) is 24.1 Å². The zero-order chi connectivity index (χ0) is 15.0. The number of ether oxygens (including phenoxy) is 1. The van der Waals surface area contributed by atoms with Crippen molar-refractivity contribution in [3.05, 3.63) is 0 Å². The Labute approximate surface area is 131 Å². The zero-order valence-corrected chi connectivity index (χ0v) is 14.3. The lowest BCUT2D eigenvalue weighted by Gasteiger charge is -2.41. The lowest BCUT2D eigenvalue weighted by molar-refractivity contribution is -0.0256. The fourth-order valence-corrected chi connectivity index (χ4v) is 4.17. The third kappa shape index (κ3) is 5.54. The summed E-state index contributed by atoms with van der Waals surface area (Å²) in [5.74, 6) is 0.979. The first kappa shape index (κ1) is 17.2. The summed E-state index contributed by atoms with van der Waals surface area (Å²) in [6.45, 7) is 12.5. The van der Waals surface area contributed by atoms with Crippen LogP contribution in [0, 0.1) is 11.3 Å². The fourth-order valence-electron chi connectivity index (χ4n) is 4.17. The van der Waals surface area contributed by atoms with E-state index in [0.717, 1.165) is 32.2 Å². The summed E-state index contributed by atoms with van der Waals surface area (Å²) >= 11 is 0. The summed E-state index contributed by atoms with van der Waals surface area (Å²) in [5.41, 5.74) is 0.360. The smallest absolute Gasteiger partial charge is 0.0546 e. The molecule has 0 spiro atoms. The molecule has 2 aliphatic rings. The Kier molecular flexibility index (Phi) is 7.48. The van der Waals surface area contributed by atoms with Crippen LogP contribution in [0.15, 0.2) is 0 Å². The molecule has 1 N–H and O–H groups in total. The van der Waals surface area contributed by atoms with Crippen molar-refractivity contribution in [3.8, 4) is 0 Å². The minimum Gasteiger partial charge on any atom is -0.381 e. The van der Waals surface area contributed by atoms with Gasteiger partial charge < -0.3 is 15.0 Å². The Morgan fingerprint density at radius 3 is 2.81 bits per heavy atom. The average molecular weight is 296 g/mol. The number of nitrogens with zero attached hydrogens (tertiary/aromatic N) is 1. The second-order valence-electron chi connectivity index (χ2n) is 7.30. The van der Waals surface area contributed by atoms with Crippen LogP contribution in [0.3, 0.4) is 0 Å². The molecule has 21 heavy (non-hydrogen) atoms. The van der Waals surface area contributed by atoms with E-state index in [1.165, 1.54) is 64.6 Å². The van der Waals surface area contributed by atoms with Crippen LogP contribution in [-0.2, 0) is 4.74 Å². The van der Waals surface area contributed by atoms with Gasteiger partial charge in [-0.05, 0) is 57.7 Å². The van der Waals surface area contributed by atoms with E-state index in [4.69, 9.17) is 4.74 Å². The number of hydrogen-bond donors (Lipinski definition) is 1. The van der Waals surface area contributed by atoms with Crippen LogP contribution in [0.1, 0.15) is 58.8 Å². The third-order valence-electron chi connectivity index (χ3n) is 5.35. The number of rotatable bonds is 7. The third-order valence-corrected chi connectivity index (χ3v) is 5.35. The van der Waals surface area contributed by atoms with Gasteiger partial charge in [0.25, 0.3) is 0 Å². The van der Waals surface area contributed by atoms with Gasteiger partial charge in [0.2, 0.25) is 0 Å². The molecule has 0 aromatic rings. The van der Waals surface area contributed by atoms with Crippen molar-refractivity contribution in [1.29, 1.82) is 0 Å². The largest absolute Gasteiger partial charge is 0.381 e. The van der Waals surface area contributed by atoms with Crippen molar-refractivity contribution < 1.29 is 4.74 Å². The van der Waals surface area contributed by atoms with Crippen LogP contribution in [0.5, 0.6) is 0 Å². The molecule has 0 bridgehead atoms. The first-order chi connectivity index (χ1) is 10.3. The highest BCUT2D eigenvalue weighted by molar-refractivity contribution is 4.88. The van der Waals surface area contributed by atoms with Crippen LogP contribution < -0.4 is 5.32 Å². The van der Waals surface area contributed by atoms with Crippen molar-refractivity contribution in [1.82, 2.24) is 10.2 Å². The van der Waals surface area contributed by atoms with Gasteiger partial charge in [-0.1, -0.05) is 26.7 Å². The molecule has 2 rings (SSSR count). The molecule has 0 aromatic heterocycles. The Morgan fingerprint density at radius 2 is 2.10 bits per heavy atom. The average Bonchev–Trinajstić information content (AvgIpc) is 2.72. The van der Waals surface area contributed by atoms with Gasteiger partial charge in [0, 0.05) is 25.1 Å². The summed E-state index contributed by atoms with van der Waals surface area (Å²) in [7, 11) is 0. The van der Waals surface area contributed by atoms with E-state index < -0.39 is 0 Å². The Balaban J connectivity index is 1.87. The molecule has 124 valence electrons. The maximum absolute atomic E-state index is 5.85. The summed E-state index contributed by atoms with van der Waals surface area (Å²) in [6.07, 6.45) is 9.59. The second-order valence-corrected chi connectivity index (χ2v) is 7.30. The summed E-state index contributed by atoms with van der Waals surface area (Å²) < 4.78 is 5.85. The van der Waals surface area contributed by atoms with E-state index in [1.54, 1.807) is 0 Å². The molecular weight excluding hydrogens is 260 g/mol. The molecule has 2 atom stereocenters. The van der Waals surface area contributed by atoms with Gasteiger partial charge in [-0.3, -0.25) is 0 Å². The molecule has 0 aromatic carbocycles. The van der Waals surface area contributed by atoms with Crippen molar-refractivity contribution in [2.75, 3.05) is 45.9 Å². The number of hydrogen-bond acceptors (Lipinski definition) is 3. The Bertz CT molecular complexity index is 276. The molecule has 2 unspecified atom stereocenters. The topological polar surface area (TPSA) is 24.5 Å². The predicted octanol–water partition coefficient (Wildman–Crippen LogP) is 3.29. The molecule has 2 fully saturated rings. The van der Waals surface area contributed by atoms with E-state index in [1.807, 2.05) is 0 Å². The van der Waals surface area contributed by atoms with E-state index in [0.29, 0.717) is 5.41 Å². The summed E-state index contributed by atoms with van der Waals surface area (Å²) in [4.78, 5) is 2.74.